The summed E-state index contributed by atoms with van der Waals surface area (Å²) in [5.41, 5.74) is 1.36. The average Bonchev–Trinajstić information content (AvgIpc) is 3.23. The van der Waals surface area contributed by atoms with E-state index in [1.165, 1.54) is 4.68 Å². The van der Waals surface area contributed by atoms with Gasteiger partial charge in [0, 0.05) is 12.1 Å². The van der Waals surface area contributed by atoms with Crippen molar-refractivity contribution in [1.29, 1.82) is 0 Å². The zero-order chi connectivity index (χ0) is 20.3. The summed E-state index contributed by atoms with van der Waals surface area (Å²) < 4.78 is 30.1. The molecule has 0 bridgehead atoms. The van der Waals surface area contributed by atoms with Gasteiger partial charge in [0.25, 0.3) is 5.91 Å². The number of hydrogen-bond donors (Lipinski definition) is 0. The Bertz CT molecular complexity index is 971. The molecule has 1 aromatic heterocycles. The fraction of sp³-hybridized carbons (Fsp3) is 0.556. The molecule has 10 heteroatoms. The number of rotatable bonds is 7. The van der Waals surface area contributed by atoms with E-state index in [0.29, 0.717) is 23.9 Å². The van der Waals surface area contributed by atoms with E-state index in [0.717, 1.165) is 0 Å². The highest BCUT2D eigenvalue weighted by atomic mass is 32.2. The van der Waals surface area contributed by atoms with Crippen molar-refractivity contribution in [1.82, 2.24) is 19.9 Å². The van der Waals surface area contributed by atoms with Gasteiger partial charge >= 0.3 is 5.97 Å². The van der Waals surface area contributed by atoms with E-state index in [2.05, 4.69) is 10.3 Å². The van der Waals surface area contributed by atoms with E-state index < -0.39 is 22.4 Å². The Morgan fingerprint density at radius 3 is 2.79 bits per heavy atom. The summed E-state index contributed by atoms with van der Waals surface area (Å²) in [4.78, 5) is 26.4. The number of esters is 1. The van der Waals surface area contributed by atoms with Crippen LogP contribution >= 0.6 is 0 Å². The van der Waals surface area contributed by atoms with Crippen molar-refractivity contribution in [3.05, 3.63) is 24.3 Å². The Morgan fingerprint density at radius 2 is 2.11 bits per heavy atom. The van der Waals surface area contributed by atoms with Gasteiger partial charge in [-0.05, 0) is 31.9 Å². The van der Waals surface area contributed by atoms with Crippen molar-refractivity contribution in [2.75, 3.05) is 18.1 Å². The summed E-state index contributed by atoms with van der Waals surface area (Å²) in [5, 5.41) is 7.89. The summed E-state index contributed by atoms with van der Waals surface area (Å²) in [6.45, 7) is 3.21. The number of hydrogen-bond acceptors (Lipinski definition) is 7. The third kappa shape index (κ3) is 4.49. The van der Waals surface area contributed by atoms with E-state index in [1.807, 2.05) is 26.0 Å². The van der Waals surface area contributed by atoms with E-state index >= 15 is 0 Å². The monoisotopic (exact) mass is 408 g/mol. The second-order valence-corrected chi connectivity index (χ2v) is 9.24. The summed E-state index contributed by atoms with van der Waals surface area (Å²) in [6, 6.07) is 6.71. The molecule has 1 aromatic carbocycles. The molecule has 3 rings (SSSR count). The van der Waals surface area contributed by atoms with Crippen molar-refractivity contribution >= 4 is 32.7 Å². The maximum Gasteiger partial charge on any atom is 0.328 e. The lowest BCUT2D eigenvalue weighted by Gasteiger charge is -2.33. The second-order valence-electron chi connectivity index (χ2n) is 7.01. The van der Waals surface area contributed by atoms with Crippen LogP contribution in [0.4, 0.5) is 0 Å². The molecule has 0 aliphatic carbocycles. The molecule has 1 aliphatic heterocycles. The van der Waals surface area contributed by atoms with Crippen LogP contribution in [-0.2, 0) is 30.7 Å². The summed E-state index contributed by atoms with van der Waals surface area (Å²) in [5.74, 6) is -0.945. The van der Waals surface area contributed by atoms with Crippen LogP contribution in [0.5, 0.6) is 0 Å². The maximum absolute atomic E-state index is 12.7. The smallest absolute Gasteiger partial charge is 0.328 e. The Kier molecular flexibility index (Phi) is 5.97. The van der Waals surface area contributed by atoms with Gasteiger partial charge in [0.15, 0.2) is 16.4 Å². The molecule has 1 aliphatic rings. The number of carbonyl (C=O) groups excluding carboxylic acids is 2. The molecule has 0 N–H and O–H groups in total. The van der Waals surface area contributed by atoms with Gasteiger partial charge in [0.2, 0.25) is 0 Å². The van der Waals surface area contributed by atoms with Crippen LogP contribution in [0.2, 0.25) is 0 Å². The first kappa shape index (κ1) is 20.2. The molecule has 2 unspecified atom stereocenters. The fourth-order valence-corrected chi connectivity index (χ4v) is 5.13. The van der Waals surface area contributed by atoms with Crippen molar-refractivity contribution in [2.24, 2.45) is 0 Å². The van der Waals surface area contributed by atoms with Crippen LogP contribution in [0.25, 0.3) is 11.0 Å². The molecule has 1 fully saturated rings. The quantitative estimate of drug-likeness (QED) is 0.623. The molecular weight excluding hydrogens is 384 g/mol. The Hall–Kier alpha value is -2.49. The van der Waals surface area contributed by atoms with Crippen molar-refractivity contribution in [3.8, 4) is 0 Å². The van der Waals surface area contributed by atoms with E-state index in [4.69, 9.17) is 4.74 Å². The Morgan fingerprint density at radius 1 is 1.36 bits per heavy atom. The summed E-state index contributed by atoms with van der Waals surface area (Å²) in [6.07, 6.45) is 1.10. The normalized spacial score (nSPS) is 19.4. The van der Waals surface area contributed by atoms with Crippen molar-refractivity contribution < 1.29 is 22.7 Å². The minimum atomic E-state index is -3.12. The van der Waals surface area contributed by atoms with Crippen LogP contribution in [0.3, 0.4) is 0 Å². The number of sulfone groups is 1. The van der Waals surface area contributed by atoms with Gasteiger partial charge in [-0.25, -0.2) is 13.1 Å². The van der Waals surface area contributed by atoms with Crippen molar-refractivity contribution in [2.45, 2.75) is 45.3 Å². The maximum atomic E-state index is 12.7. The van der Waals surface area contributed by atoms with Gasteiger partial charge in [-0.3, -0.25) is 9.59 Å². The number of aromatic nitrogens is 3. The van der Waals surface area contributed by atoms with Crippen LogP contribution in [0.15, 0.2) is 24.3 Å². The second kappa shape index (κ2) is 8.26. The number of para-hydroxylation sites is 1. The summed E-state index contributed by atoms with van der Waals surface area (Å²) in [7, 11) is -3.12. The standard InChI is InChI=1S/C18H24N4O5S/c1-3-13(2)22(14-8-9-28(25,26)12-14)17(23)11-27-18(24)10-21-16-7-5-4-6-15(16)19-20-21/h4-7,13-14H,3,8-12H2,1-2H3. The number of carbonyl (C=O) groups is 2. The predicted octanol–water partition coefficient (Wildman–Crippen LogP) is 0.789. The van der Waals surface area contributed by atoms with Crippen molar-refractivity contribution in [3.63, 3.8) is 0 Å². The highest BCUT2D eigenvalue weighted by Crippen LogP contribution is 2.21. The van der Waals surface area contributed by atoms with E-state index in [-0.39, 0.29) is 36.0 Å². The molecule has 9 nitrogen and oxygen atoms in total. The average molecular weight is 408 g/mol. The number of ether oxygens (including phenoxy) is 1. The van der Waals surface area contributed by atoms with Gasteiger partial charge in [-0.1, -0.05) is 24.3 Å². The van der Waals surface area contributed by atoms with Crippen LogP contribution < -0.4 is 0 Å². The van der Waals surface area contributed by atoms with E-state index in [1.54, 1.807) is 17.0 Å². The van der Waals surface area contributed by atoms with Gasteiger partial charge < -0.3 is 9.64 Å². The molecule has 0 spiro atoms. The van der Waals surface area contributed by atoms with Crippen LogP contribution in [0.1, 0.15) is 26.7 Å². The first-order valence-corrected chi connectivity index (χ1v) is 11.1. The zero-order valence-corrected chi connectivity index (χ0v) is 16.8. The molecule has 2 aromatic rings. The third-order valence-electron chi connectivity index (χ3n) is 5.01. The third-order valence-corrected chi connectivity index (χ3v) is 6.76. The molecule has 0 radical (unpaired) electrons. The van der Waals surface area contributed by atoms with Gasteiger partial charge in [-0.15, -0.1) is 5.10 Å². The number of benzene rings is 1. The first-order chi connectivity index (χ1) is 13.3. The largest absolute Gasteiger partial charge is 0.454 e. The molecule has 0 saturated carbocycles. The Balaban J connectivity index is 1.61. The van der Waals surface area contributed by atoms with Gasteiger partial charge in [0.05, 0.1) is 17.0 Å². The highest BCUT2D eigenvalue weighted by Gasteiger charge is 2.36. The van der Waals surface area contributed by atoms with Crippen LogP contribution in [0, 0.1) is 0 Å². The Labute approximate surface area is 163 Å². The minimum absolute atomic E-state index is 0.0397. The van der Waals surface area contributed by atoms with Gasteiger partial charge in [-0.2, -0.15) is 0 Å². The summed E-state index contributed by atoms with van der Waals surface area (Å²) >= 11 is 0. The van der Waals surface area contributed by atoms with E-state index in [9.17, 15) is 18.0 Å². The fourth-order valence-electron chi connectivity index (χ4n) is 3.42. The minimum Gasteiger partial charge on any atom is -0.454 e. The number of amides is 1. The molecule has 152 valence electrons. The lowest BCUT2D eigenvalue weighted by atomic mass is 10.1. The molecule has 2 atom stereocenters. The van der Waals surface area contributed by atoms with Gasteiger partial charge in [0.1, 0.15) is 12.1 Å². The molecule has 2 heterocycles. The SMILES string of the molecule is CCC(C)N(C(=O)COC(=O)Cn1nnc2ccccc21)C1CCS(=O)(=O)C1. The lowest BCUT2D eigenvalue weighted by Crippen LogP contribution is -2.48. The number of nitrogens with zero attached hydrogens (tertiary/aromatic N) is 4. The first-order valence-electron chi connectivity index (χ1n) is 9.26. The van der Waals surface area contributed by atoms with Crippen LogP contribution in [-0.4, -0.2) is 70.4 Å². The lowest BCUT2D eigenvalue weighted by molar-refractivity contribution is -0.154. The molecule has 28 heavy (non-hydrogen) atoms. The topological polar surface area (TPSA) is 111 Å². The molecule has 1 amide bonds. The highest BCUT2D eigenvalue weighted by molar-refractivity contribution is 7.91. The predicted molar refractivity (Wildman–Crippen MR) is 102 cm³/mol. The number of fused-ring (bicyclic) bond motifs is 1. The zero-order valence-electron chi connectivity index (χ0n) is 15.9. The molecule has 1 saturated heterocycles. The molecular formula is C18H24N4O5S.